The molecule has 31 heavy (non-hydrogen) atoms. The Bertz CT molecular complexity index is 1330. The molecule has 1 amide bonds. The van der Waals surface area contributed by atoms with Gasteiger partial charge in [-0.1, -0.05) is 40.1 Å². The first-order valence-corrected chi connectivity index (χ1v) is 10.8. The van der Waals surface area contributed by atoms with Crippen LogP contribution in [-0.2, 0) is 4.79 Å². The van der Waals surface area contributed by atoms with Gasteiger partial charge >= 0.3 is 0 Å². The number of nitrogens with one attached hydrogen (secondary N) is 1. The van der Waals surface area contributed by atoms with E-state index in [4.69, 9.17) is 27.7 Å². The lowest BCUT2D eigenvalue weighted by atomic mass is 10.2. The van der Waals surface area contributed by atoms with E-state index in [1.54, 1.807) is 62.4 Å². The van der Waals surface area contributed by atoms with Gasteiger partial charge in [-0.3, -0.25) is 14.2 Å². The highest BCUT2D eigenvalue weighted by molar-refractivity contribution is 8.00. The number of carbonyl (C=O) groups is 1. The number of thioether (sulfide) groups is 1. The molecule has 2 aromatic heterocycles. The molecule has 10 heteroatoms. The summed E-state index contributed by atoms with van der Waals surface area (Å²) in [7, 11) is 0. The quantitative estimate of drug-likeness (QED) is 0.319. The van der Waals surface area contributed by atoms with Crippen molar-refractivity contribution in [3.8, 4) is 5.69 Å². The molecule has 158 valence electrons. The van der Waals surface area contributed by atoms with Crippen molar-refractivity contribution in [3.05, 3.63) is 74.7 Å². The Morgan fingerprint density at radius 3 is 2.52 bits per heavy atom. The molecule has 0 radical (unpaired) electrons. The number of hydrogen-bond donors (Lipinski definition) is 1. The fraction of sp³-hybridized carbons (Fsp3) is 0.143. The normalized spacial score (nSPS) is 12.1. The number of aryl methyl sites for hydroxylation is 1. The molecule has 0 aliphatic carbocycles. The molecular formula is C21H16Cl2N4O3S. The van der Waals surface area contributed by atoms with Crippen LogP contribution in [-0.4, -0.2) is 25.9 Å². The second kappa shape index (κ2) is 8.74. The second-order valence-corrected chi connectivity index (χ2v) is 8.93. The van der Waals surface area contributed by atoms with Crippen molar-refractivity contribution in [3.63, 3.8) is 0 Å². The number of aromatic nitrogens is 3. The number of amides is 1. The first-order valence-electron chi connectivity index (χ1n) is 9.21. The summed E-state index contributed by atoms with van der Waals surface area (Å²) < 4.78 is 6.43. The van der Waals surface area contributed by atoms with E-state index in [-0.39, 0.29) is 11.5 Å². The zero-order valence-electron chi connectivity index (χ0n) is 16.4. The van der Waals surface area contributed by atoms with Crippen LogP contribution < -0.4 is 10.9 Å². The molecular weight excluding hydrogens is 459 g/mol. The largest absolute Gasteiger partial charge is 0.360 e. The van der Waals surface area contributed by atoms with E-state index in [2.05, 4.69) is 15.5 Å². The van der Waals surface area contributed by atoms with E-state index in [0.717, 1.165) is 11.8 Å². The Balaban J connectivity index is 1.75. The third-order valence-corrected chi connectivity index (χ3v) is 5.96. The molecule has 0 fully saturated rings. The van der Waals surface area contributed by atoms with Crippen molar-refractivity contribution >= 4 is 57.6 Å². The lowest BCUT2D eigenvalue weighted by Crippen LogP contribution is -2.26. The van der Waals surface area contributed by atoms with Crippen molar-refractivity contribution < 1.29 is 9.32 Å². The van der Waals surface area contributed by atoms with Crippen LogP contribution in [0.2, 0.25) is 10.0 Å². The van der Waals surface area contributed by atoms with Gasteiger partial charge in [0.05, 0.1) is 21.8 Å². The first kappa shape index (κ1) is 21.4. The topological polar surface area (TPSA) is 90.0 Å². The molecule has 4 aromatic rings. The van der Waals surface area contributed by atoms with Crippen LogP contribution in [0.5, 0.6) is 0 Å². The van der Waals surface area contributed by atoms with Gasteiger partial charge < -0.3 is 9.84 Å². The molecule has 4 rings (SSSR count). The maximum absolute atomic E-state index is 13.3. The second-order valence-electron chi connectivity index (χ2n) is 6.74. The smallest absolute Gasteiger partial charge is 0.266 e. The van der Waals surface area contributed by atoms with E-state index in [9.17, 15) is 9.59 Å². The lowest BCUT2D eigenvalue weighted by molar-refractivity contribution is -0.115. The number of halogens is 2. The monoisotopic (exact) mass is 474 g/mol. The molecule has 0 spiro atoms. The molecule has 2 aromatic carbocycles. The maximum atomic E-state index is 13.3. The van der Waals surface area contributed by atoms with E-state index < -0.39 is 5.25 Å². The highest BCUT2D eigenvalue weighted by atomic mass is 35.5. The number of anilines is 1. The number of hydrogen-bond acceptors (Lipinski definition) is 6. The van der Waals surface area contributed by atoms with Gasteiger partial charge in [0.15, 0.2) is 11.0 Å². The molecule has 0 aliphatic heterocycles. The summed E-state index contributed by atoms with van der Waals surface area (Å²) in [6.45, 7) is 3.45. The summed E-state index contributed by atoms with van der Waals surface area (Å²) in [6.07, 6.45) is 0. The SMILES string of the molecule is Cc1cc(NC(=O)C(C)Sc2nc3cc(Cl)ccc3c(=O)n2-c2ccc(Cl)cc2)no1. The van der Waals surface area contributed by atoms with Crippen molar-refractivity contribution in [1.82, 2.24) is 14.7 Å². The Morgan fingerprint density at radius 1 is 1.13 bits per heavy atom. The number of carbonyl (C=O) groups excluding carboxylic acids is 1. The van der Waals surface area contributed by atoms with E-state index in [0.29, 0.717) is 43.4 Å². The minimum atomic E-state index is -0.584. The molecule has 0 aliphatic rings. The Hall–Kier alpha value is -2.81. The molecule has 1 atom stereocenters. The number of nitrogens with zero attached hydrogens (tertiary/aromatic N) is 3. The van der Waals surface area contributed by atoms with Gasteiger partial charge in [0, 0.05) is 16.1 Å². The van der Waals surface area contributed by atoms with E-state index in [1.807, 2.05) is 0 Å². The molecule has 0 bridgehead atoms. The zero-order valence-corrected chi connectivity index (χ0v) is 18.8. The van der Waals surface area contributed by atoms with Gasteiger partial charge in [0.2, 0.25) is 5.91 Å². The molecule has 7 nitrogen and oxygen atoms in total. The van der Waals surface area contributed by atoms with Gasteiger partial charge in [0.1, 0.15) is 5.76 Å². The van der Waals surface area contributed by atoms with Crippen LogP contribution in [0.3, 0.4) is 0 Å². The first-order chi connectivity index (χ1) is 14.8. The third-order valence-electron chi connectivity index (χ3n) is 4.42. The van der Waals surface area contributed by atoms with Gasteiger partial charge in [-0.25, -0.2) is 4.98 Å². The maximum Gasteiger partial charge on any atom is 0.266 e. The van der Waals surface area contributed by atoms with Crippen LogP contribution in [0.1, 0.15) is 12.7 Å². The van der Waals surface area contributed by atoms with Crippen molar-refractivity contribution in [2.45, 2.75) is 24.3 Å². The Kier molecular flexibility index (Phi) is 6.04. The zero-order chi connectivity index (χ0) is 22.1. The van der Waals surface area contributed by atoms with E-state index >= 15 is 0 Å². The fourth-order valence-corrected chi connectivity index (χ4v) is 4.12. The summed E-state index contributed by atoms with van der Waals surface area (Å²) in [4.78, 5) is 30.6. The van der Waals surface area contributed by atoms with Gasteiger partial charge in [-0.05, 0) is 56.3 Å². The van der Waals surface area contributed by atoms with Crippen LogP contribution >= 0.6 is 35.0 Å². The van der Waals surface area contributed by atoms with Crippen molar-refractivity contribution in [2.24, 2.45) is 0 Å². The predicted molar refractivity (Wildman–Crippen MR) is 123 cm³/mol. The van der Waals surface area contributed by atoms with Gasteiger partial charge in [-0.2, -0.15) is 0 Å². The Labute approximate surface area is 191 Å². The summed E-state index contributed by atoms with van der Waals surface area (Å²) >= 11 is 13.2. The summed E-state index contributed by atoms with van der Waals surface area (Å²) in [5.74, 6) is 0.602. The minimum absolute atomic E-state index is 0.272. The standard InChI is InChI=1S/C21H16Cl2N4O3S/c1-11-9-18(26-30-11)25-19(28)12(2)31-21-24-17-10-14(23)5-8-16(17)20(29)27(21)15-6-3-13(22)4-7-15/h3-10,12H,1-2H3,(H,25,26,28). The molecule has 0 saturated heterocycles. The molecule has 1 unspecified atom stereocenters. The van der Waals surface area contributed by atoms with Crippen LogP contribution in [0.25, 0.3) is 16.6 Å². The highest BCUT2D eigenvalue weighted by Gasteiger charge is 2.21. The van der Waals surface area contributed by atoms with E-state index in [1.165, 1.54) is 4.57 Å². The lowest BCUT2D eigenvalue weighted by Gasteiger charge is -2.16. The van der Waals surface area contributed by atoms with Gasteiger partial charge in [0.25, 0.3) is 5.56 Å². The molecule has 0 saturated carbocycles. The molecule has 1 N–H and O–H groups in total. The average Bonchev–Trinajstić information content (AvgIpc) is 3.13. The molecule has 2 heterocycles. The van der Waals surface area contributed by atoms with Crippen LogP contribution in [0, 0.1) is 6.92 Å². The van der Waals surface area contributed by atoms with Crippen molar-refractivity contribution in [2.75, 3.05) is 5.32 Å². The average molecular weight is 475 g/mol. The number of fused-ring (bicyclic) bond motifs is 1. The summed E-state index contributed by atoms with van der Waals surface area (Å²) in [5.41, 5.74) is 0.761. The summed E-state index contributed by atoms with van der Waals surface area (Å²) in [6, 6.07) is 13.3. The summed E-state index contributed by atoms with van der Waals surface area (Å²) in [5, 5.41) is 7.65. The van der Waals surface area contributed by atoms with Crippen LogP contribution in [0.4, 0.5) is 5.82 Å². The number of benzene rings is 2. The minimum Gasteiger partial charge on any atom is -0.360 e. The van der Waals surface area contributed by atoms with Crippen LogP contribution in [0.15, 0.2) is 63.0 Å². The predicted octanol–water partition coefficient (Wildman–Crippen LogP) is 5.11. The third kappa shape index (κ3) is 4.61. The van der Waals surface area contributed by atoms with Crippen molar-refractivity contribution in [1.29, 1.82) is 0 Å². The van der Waals surface area contributed by atoms with Gasteiger partial charge in [-0.15, -0.1) is 0 Å². The highest BCUT2D eigenvalue weighted by Crippen LogP contribution is 2.27. The number of rotatable bonds is 5. The fourth-order valence-electron chi connectivity index (χ4n) is 2.90. The Morgan fingerprint density at radius 2 is 1.84 bits per heavy atom.